The molecule has 0 spiro atoms. The van der Waals surface area contributed by atoms with E-state index in [9.17, 15) is 9.18 Å². The van der Waals surface area contributed by atoms with Crippen LogP contribution in [-0.4, -0.2) is 12.5 Å². The van der Waals surface area contributed by atoms with Gasteiger partial charge in [-0.05, 0) is 38.5 Å². The Hall–Kier alpha value is -1.58. The Morgan fingerprint density at radius 2 is 2.00 bits per heavy atom. The van der Waals surface area contributed by atoms with Crippen molar-refractivity contribution in [2.75, 3.05) is 17.2 Å². The summed E-state index contributed by atoms with van der Waals surface area (Å²) in [6, 6.07) is 3.07. The molecule has 1 heterocycles. The Labute approximate surface area is 94.0 Å². The Kier molecular flexibility index (Phi) is 2.37. The van der Waals surface area contributed by atoms with E-state index in [-0.39, 0.29) is 11.7 Å². The highest BCUT2D eigenvalue weighted by atomic mass is 19.1. The molecule has 1 aliphatic heterocycles. The number of hydrogen-bond acceptors (Lipinski definition) is 2. The number of benzene rings is 1. The second kappa shape index (κ2) is 3.47. The number of rotatable bonds is 0. The van der Waals surface area contributed by atoms with Gasteiger partial charge in [0.1, 0.15) is 5.82 Å². The van der Waals surface area contributed by atoms with Crippen LogP contribution in [0.25, 0.3) is 0 Å². The molecule has 2 rings (SSSR count). The minimum absolute atomic E-state index is 0.0954. The van der Waals surface area contributed by atoms with Gasteiger partial charge in [0.05, 0.1) is 16.8 Å². The fourth-order valence-corrected chi connectivity index (χ4v) is 1.62. The Bertz CT molecular complexity index is 455. The van der Waals surface area contributed by atoms with Crippen molar-refractivity contribution in [2.24, 2.45) is 5.41 Å². The van der Waals surface area contributed by atoms with Crippen LogP contribution < -0.4 is 10.6 Å². The summed E-state index contributed by atoms with van der Waals surface area (Å²) < 4.78 is 13.4. The fourth-order valence-electron chi connectivity index (χ4n) is 1.62. The number of nitrogens with one attached hydrogen (secondary N) is 2. The van der Waals surface area contributed by atoms with Gasteiger partial charge in [0.25, 0.3) is 0 Å². The predicted octanol–water partition coefficient (Wildman–Crippen LogP) is 2.52. The first-order chi connectivity index (χ1) is 7.40. The van der Waals surface area contributed by atoms with E-state index < -0.39 is 5.41 Å². The average Bonchev–Trinajstić information content (AvgIpc) is 2.29. The lowest BCUT2D eigenvalue weighted by atomic mass is 9.93. The van der Waals surface area contributed by atoms with Gasteiger partial charge >= 0.3 is 0 Å². The van der Waals surface area contributed by atoms with E-state index in [1.807, 2.05) is 13.8 Å². The number of carbonyl (C=O) groups excluding carboxylic acids is 1. The van der Waals surface area contributed by atoms with Crippen molar-refractivity contribution < 1.29 is 9.18 Å². The molecular formula is C12H15FN2O. The number of carbonyl (C=O) groups is 1. The molecule has 0 aliphatic carbocycles. The summed E-state index contributed by atoms with van der Waals surface area (Å²) in [7, 11) is 0. The quantitative estimate of drug-likeness (QED) is 0.708. The van der Waals surface area contributed by atoms with Crippen LogP contribution >= 0.6 is 0 Å². The second-order valence-electron chi connectivity index (χ2n) is 4.84. The molecule has 2 N–H and O–H groups in total. The van der Waals surface area contributed by atoms with Crippen LogP contribution in [0, 0.1) is 18.2 Å². The van der Waals surface area contributed by atoms with E-state index in [0.717, 1.165) is 5.69 Å². The van der Waals surface area contributed by atoms with Gasteiger partial charge in [-0.3, -0.25) is 4.79 Å². The lowest BCUT2D eigenvalue weighted by Crippen LogP contribution is -2.34. The summed E-state index contributed by atoms with van der Waals surface area (Å²) in [6.07, 6.45) is 0. The van der Waals surface area contributed by atoms with Crippen molar-refractivity contribution in [2.45, 2.75) is 20.8 Å². The zero-order valence-electron chi connectivity index (χ0n) is 9.65. The lowest BCUT2D eigenvalue weighted by Gasteiger charge is -2.19. The maximum Gasteiger partial charge on any atom is 0.231 e. The van der Waals surface area contributed by atoms with Gasteiger partial charge in [-0.2, -0.15) is 0 Å². The minimum Gasteiger partial charge on any atom is -0.382 e. The highest BCUT2D eigenvalue weighted by molar-refractivity contribution is 5.99. The first kappa shape index (κ1) is 10.9. The molecule has 86 valence electrons. The van der Waals surface area contributed by atoms with Crippen molar-refractivity contribution in [3.8, 4) is 0 Å². The van der Waals surface area contributed by atoms with Gasteiger partial charge in [-0.25, -0.2) is 4.39 Å². The van der Waals surface area contributed by atoms with Gasteiger partial charge in [0.2, 0.25) is 5.91 Å². The SMILES string of the molecule is Cc1cc2c(cc1F)NC(=O)C(C)(C)CN2. The summed E-state index contributed by atoms with van der Waals surface area (Å²) in [5.74, 6) is -0.400. The molecule has 4 heteroatoms. The lowest BCUT2D eigenvalue weighted by molar-refractivity contribution is -0.123. The number of anilines is 2. The van der Waals surface area contributed by atoms with E-state index in [1.165, 1.54) is 6.07 Å². The van der Waals surface area contributed by atoms with Crippen molar-refractivity contribution >= 4 is 17.3 Å². The minimum atomic E-state index is -0.497. The van der Waals surface area contributed by atoms with Crippen LogP contribution in [0.4, 0.5) is 15.8 Å². The molecule has 16 heavy (non-hydrogen) atoms. The zero-order chi connectivity index (χ0) is 11.9. The van der Waals surface area contributed by atoms with Crippen molar-refractivity contribution in [3.63, 3.8) is 0 Å². The molecular weight excluding hydrogens is 207 g/mol. The van der Waals surface area contributed by atoms with E-state index >= 15 is 0 Å². The van der Waals surface area contributed by atoms with Gasteiger partial charge in [0.15, 0.2) is 0 Å². The van der Waals surface area contributed by atoms with Crippen LogP contribution in [0.5, 0.6) is 0 Å². The fraction of sp³-hybridized carbons (Fsp3) is 0.417. The van der Waals surface area contributed by atoms with Crippen molar-refractivity contribution in [3.05, 3.63) is 23.5 Å². The van der Waals surface area contributed by atoms with Gasteiger partial charge < -0.3 is 10.6 Å². The first-order valence-corrected chi connectivity index (χ1v) is 5.25. The average molecular weight is 222 g/mol. The molecule has 0 unspecified atom stereocenters. The number of halogens is 1. The largest absolute Gasteiger partial charge is 0.382 e. The predicted molar refractivity (Wildman–Crippen MR) is 62.0 cm³/mol. The Morgan fingerprint density at radius 3 is 2.69 bits per heavy atom. The molecule has 1 amide bonds. The molecule has 1 aromatic rings. The van der Waals surface area contributed by atoms with Crippen LogP contribution in [0.1, 0.15) is 19.4 Å². The first-order valence-electron chi connectivity index (χ1n) is 5.25. The van der Waals surface area contributed by atoms with Gasteiger partial charge in [-0.15, -0.1) is 0 Å². The number of fused-ring (bicyclic) bond motifs is 1. The summed E-state index contributed by atoms with van der Waals surface area (Å²) in [5.41, 5.74) is 1.36. The maximum atomic E-state index is 13.4. The number of aryl methyl sites for hydroxylation is 1. The monoisotopic (exact) mass is 222 g/mol. The van der Waals surface area contributed by atoms with Crippen LogP contribution in [0.15, 0.2) is 12.1 Å². The van der Waals surface area contributed by atoms with Gasteiger partial charge in [-0.1, -0.05) is 0 Å². The zero-order valence-corrected chi connectivity index (χ0v) is 9.65. The van der Waals surface area contributed by atoms with E-state index in [2.05, 4.69) is 10.6 Å². The molecule has 0 bridgehead atoms. The molecule has 0 aromatic heterocycles. The van der Waals surface area contributed by atoms with Crippen molar-refractivity contribution in [1.82, 2.24) is 0 Å². The van der Waals surface area contributed by atoms with E-state index in [0.29, 0.717) is 17.8 Å². The van der Waals surface area contributed by atoms with E-state index in [4.69, 9.17) is 0 Å². The standard InChI is InChI=1S/C12H15FN2O/c1-7-4-9-10(5-8(7)13)15-11(16)12(2,3)6-14-9/h4-5,14H,6H2,1-3H3,(H,15,16). The smallest absolute Gasteiger partial charge is 0.231 e. The van der Waals surface area contributed by atoms with Crippen LogP contribution in [-0.2, 0) is 4.79 Å². The third-order valence-electron chi connectivity index (χ3n) is 2.88. The molecule has 0 radical (unpaired) electrons. The van der Waals surface area contributed by atoms with Crippen molar-refractivity contribution in [1.29, 1.82) is 0 Å². The molecule has 0 saturated carbocycles. The van der Waals surface area contributed by atoms with Crippen LogP contribution in [0.2, 0.25) is 0 Å². The summed E-state index contributed by atoms with van der Waals surface area (Å²) in [6.45, 7) is 5.95. The highest BCUT2D eigenvalue weighted by Gasteiger charge is 2.31. The number of amides is 1. The number of hydrogen-bond donors (Lipinski definition) is 2. The maximum absolute atomic E-state index is 13.4. The summed E-state index contributed by atoms with van der Waals surface area (Å²) >= 11 is 0. The second-order valence-corrected chi connectivity index (χ2v) is 4.84. The molecule has 3 nitrogen and oxygen atoms in total. The third-order valence-corrected chi connectivity index (χ3v) is 2.88. The molecule has 1 aromatic carbocycles. The molecule has 0 saturated heterocycles. The molecule has 0 atom stereocenters. The summed E-state index contributed by atoms with van der Waals surface area (Å²) in [4.78, 5) is 11.8. The Balaban J connectivity index is 2.45. The van der Waals surface area contributed by atoms with Crippen LogP contribution in [0.3, 0.4) is 0 Å². The summed E-state index contributed by atoms with van der Waals surface area (Å²) in [5, 5.41) is 5.90. The van der Waals surface area contributed by atoms with E-state index in [1.54, 1.807) is 13.0 Å². The third kappa shape index (κ3) is 1.75. The topological polar surface area (TPSA) is 41.1 Å². The highest BCUT2D eigenvalue weighted by Crippen LogP contribution is 2.31. The molecule has 0 fully saturated rings. The molecule has 1 aliphatic rings. The van der Waals surface area contributed by atoms with Gasteiger partial charge in [0, 0.05) is 6.54 Å². The normalized spacial score (nSPS) is 18.1. The Morgan fingerprint density at radius 1 is 1.31 bits per heavy atom.